The van der Waals surface area contributed by atoms with Crippen LogP contribution >= 0.6 is 0 Å². The van der Waals surface area contributed by atoms with E-state index < -0.39 is 0 Å². The maximum absolute atomic E-state index is 11.5. The van der Waals surface area contributed by atoms with Crippen LogP contribution in [0.15, 0.2) is 0 Å². The molecular formula is C13H20N2O3. The second kappa shape index (κ2) is 4.63. The highest BCUT2D eigenvalue weighted by molar-refractivity contribution is 6.01. The lowest BCUT2D eigenvalue weighted by Gasteiger charge is -2.37. The molecule has 2 unspecified atom stereocenters. The minimum Gasteiger partial charge on any atom is -0.393 e. The summed E-state index contributed by atoms with van der Waals surface area (Å²) in [6, 6.07) is 0.901. The van der Waals surface area contributed by atoms with Gasteiger partial charge in [-0.2, -0.15) is 0 Å². The zero-order valence-electron chi connectivity index (χ0n) is 10.5. The van der Waals surface area contributed by atoms with Gasteiger partial charge in [0.1, 0.15) is 0 Å². The molecule has 1 N–H and O–H groups in total. The number of nitrogens with zero attached hydrogens (tertiary/aromatic N) is 2. The SMILES string of the molecule is O=C1CCC(=O)N1CCN1C2CCC1CC(O)C2. The average Bonchev–Trinajstić information content (AvgIpc) is 2.76. The first kappa shape index (κ1) is 12.1. The molecule has 3 rings (SSSR count). The van der Waals surface area contributed by atoms with E-state index in [1.54, 1.807) is 0 Å². The van der Waals surface area contributed by atoms with Gasteiger partial charge in [-0.15, -0.1) is 0 Å². The van der Waals surface area contributed by atoms with Gasteiger partial charge in [-0.25, -0.2) is 0 Å². The summed E-state index contributed by atoms with van der Waals surface area (Å²) in [6.45, 7) is 1.31. The molecule has 3 aliphatic heterocycles. The van der Waals surface area contributed by atoms with Gasteiger partial charge in [0.2, 0.25) is 11.8 Å². The van der Waals surface area contributed by atoms with E-state index in [0.717, 1.165) is 32.2 Å². The summed E-state index contributed by atoms with van der Waals surface area (Å²) in [7, 11) is 0. The average molecular weight is 252 g/mol. The molecule has 0 aromatic carbocycles. The standard InChI is InChI=1S/C13H20N2O3/c16-11-7-9-1-2-10(8-11)14(9)5-6-15-12(17)3-4-13(15)18/h9-11,16H,1-8H2. The van der Waals surface area contributed by atoms with Crippen molar-refractivity contribution in [2.24, 2.45) is 0 Å². The topological polar surface area (TPSA) is 60.9 Å². The lowest BCUT2D eigenvalue weighted by molar-refractivity contribution is -0.138. The van der Waals surface area contributed by atoms with E-state index in [0.29, 0.717) is 31.5 Å². The van der Waals surface area contributed by atoms with Crippen LogP contribution in [0.2, 0.25) is 0 Å². The van der Waals surface area contributed by atoms with Gasteiger partial charge >= 0.3 is 0 Å². The van der Waals surface area contributed by atoms with E-state index in [9.17, 15) is 14.7 Å². The first-order chi connectivity index (χ1) is 8.65. The Morgan fingerprint density at radius 1 is 1.00 bits per heavy atom. The van der Waals surface area contributed by atoms with Crippen molar-refractivity contribution in [3.63, 3.8) is 0 Å². The fraction of sp³-hybridized carbons (Fsp3) is 0.846. The Balaban J connectivity index is 1.58. The van der Waals surface area contributed by atoms with Crippen LogP contribution in [0, 0.1) is 0 Å². The summed E-state index contributed by atoms with van der Waals surface area (Å²) in [6.07, 6.45) is 4.58. The third-order valence-electron chi connectivity index (χ3n) is 4.60. The zero-order valence-corrected chi connectivity index (χ0v) is 10.5. The predicted molar refractivity (Wildman–Crippen MR) is 64.7 cm³/mol. The second-order valence-corrected chi connectivity index (χ2v) is 5.69. The smallest absolute Gasteiger partial charge is 0.229 e. The number of imide groups is 1. The predicted octanol–water partition coefficient (Wildman–Crippen LogP) is 0.123. The highest BCUT2D eigenvalue weighted by atomic mass is 16.3. The van der Waals surface area contributed by atoms with Crippen molar-refractivity contribution in [2.45, 2.75) is 56.7 Å². The highest BCUT2D eigenvalue weighted by Gasteiger charge is 2.40. The van der Waals surface area contributed by atoms with Crippen molar-refractivity contribution >= 4 is 11.8 Å². The molecule has 2 amide bonds. The number of fused-ring (bicyclic) bond motifs is 2. The summed E-state index contributed by atoms with van der Waals surface area (Å²) in [4.78, 5) is 26.9. The van der Waals surface area contributed by atoms with E-state index >= 15 is 0 Å². The fourth-order valence-corrected chi connectivity index (χ4v) is 3.70. The number of likely N-dealkylation sites (tertiary alicyclic amines) is 1. The van der Waals surface area contributed by atoms with E-state index in [1.165, 1.54) is 4.90 Å². The molecule has 3 aliphatic rings. The second-order valence-electron chi connectivity index (χ2n) is 5.69. The van der Waals surface area contributed by atoms with Crippen molar-refractivity contribution < 1.29 is 14.7 Å². The molecule has 5 heteroatoms. The maximum atomic E-state index is 11.5. The highest BCUT2D eigenvalue weighted by Crippen LogP contribution is 2.35. The number of hydrogen-bond donors (Lipinski definition) is 1. The van der Waals surface area contributed by atoms with Gasteiger partial charge in [0.05, 0.1) is 6.10 Å². The van der Waals surface area contributed by atoms with Crippen molar-refractivity contribution in [3.05, 3.63) is 0 Å². The summed E-state index contributed by atoms with van der Waals surface area (Å²) >= 11 is 0. The van der Waals surface area contributed by atoms with Gasteiger partial charge in [-0.05, 0) is 25.7 Å². The number of aliphatic hydroxyl groups excluding tert-OH is 1. The van der Waals surface area contributed by atoms with Crippen molar-refractivity contribution in [1.82, 2.24) is 9.80 Å². The molecular weight excluding hydrogens is 232 g/mol. The molecule has 0 spiro atoms. The number of aliphatic hydroxyl groups is 1. The van der Waals surface area contributed by atoms with Gasteiger partial charge in [-0.1, -0.05) is 0 Å². The first-order valence-electron chi connectivity index (χ1n) is 6.92. The summed E-state index contributed by atoms with van der Waals surface area (Å²) in [5.41, 5.74) is 0. The van der Waals surface area contributed by atoms with Crippen LogP contribution in [0.5, 0.6) is 0 Å². The van der Waals surface area contributed by atoms with Gasteiger partial charge in [0.25, 0.3) is 0 Å². The minimum atomic E-state index is -0.159. The minimum absolute atomic E-state index is 0.0237. The maximum Gasteiger partial charge on any atom is 0.229 e. The Labute approximate surface area is 107 Å². The van der Waals surface area contributed by atoms with Gasteiger partial charge in [0, 0.05) is 38.0 Å². The molecule has 18 heavy (non-hydrogen) atoms. The van der Waals surface area contributed by atoms with Crippen LogP contribution in [0.4, 0.5) is 0 Å². The third kappa shape index (κ3) is 2.06. The number of carbonyl (C=O) groups excluding carboxylic acids is 2. The van der Waals surface area contributed by atoms with Crippen LogP contribution in [0.25, 0.3) is 0 Å². The van der Waals surface area contributed by atoms with Gasteiger partial charge in [-0.3, -0.25) is 19.4 Å². The molecule has 3 heterocycles. The molecule has 0 aromatic rings. The Kier molecular flexibility index (Phi) is 3.11. The first-order valence-corrected chi connectivity index (χ1v) is 6.92. The normalized spacial score (nSPS) is 36.7. The van der Waals surface area contributed by atoms with Crippen LogP contribution in [0.1, 0.15) is 38.5 Å². The lowest BCUT2D eigenvalue weighted by atomic mass is 10.00. The molecule has 0 saturated carbocycles. The van der Waals surface area contributed by atoms with Gasteiger partial charge in [0.15, 0.2) is 0 Å². The van der Waals surface area contributed by atoms with Crippen LogP contribution < -0.4 is 0 Å². The van der Waals surface area contributed by atoms with E-state index in [2.05, 4.69) is 4.90 Å². The van der Waals surface area contributed by atoms with E-state index in [4.69, 9.17) is 0 Å². The van der Waals surface area contributed by atoms with E-state index in [-0.39, 0.29) is 17.9 Å². The van der Waals surface area contributed by atoms with E-state index in [1.807, 2.05) is 0 Å². The summed E-state index contributed by atoms with van der Waals surface area (Å²) < 4.78 is 0. The summed E-state index contributed by atoms with van der Waals surface area (Å²) in [5.74, 6) is -0.0474. The monoisotopic (exact) mass is 252 g/mol. The molecule has 2 atom stereocenters. The summed E-state index contributed by atoms with van der Waals surface area (Å²) in [5, 5.41) is 9.73. The molecule has 0 aliphatic carbocycles. The number of carbonyl (C=O) groups is 2. The molecule has 3 fully saturated rings. The number of piperidine rings is 1. The number of rotatable bonds is 3. The largest absolute Gasteiger partial charge is 0.393 e. The molecule has 100 valence electrons. The molecule has 0 radical (unpaired) electrons. The molecule has 5 nitrogen and oxygen atoms in total. The zero-order chi connectivity index (χ0) is 12.7. The van der Waals surface area contributed by atoms with Gasteiger partial charge < -0.3 is 5.11 Å². The molecule has 2 bridgehead atoms. The quantitative estimate of drug-likeness (QED) is 0.725. The third-order valence-corrected chi connectivity index (χ3v) is 4.60. The Morgan fingerprint density at radius 3 is 2.11 bits per heavy atom. The van der Waals surface area contributed by atoms with Crippen molar-refractivity contribution in [1.29, 1.82) is 0 Å². The Hall–Kier alpha value is -0.940. The molecule has 3 saturated heterocycles. The Bertz CT molecular complexity index is 341. The van der Waals surface area contributed by atoms with Crippen molar-refractivity contribution in [3.8, 4) is 0 Å². The molecule has 0 aromatic heterocycles. The fourth-order valence-electron chi connectivity index (χ4n) is 3.70. The lowest BCUT2D eigenvalue weighted by Crippen LogP contribution is -2.48. The number of amides is 2. The van der Waals surface area contributed by atoms with Crippen LogP contribution in [0.3, 0.4) is 0 Å². The van der Waals surface area contributed by atoms with Crippen LogP contribution in [-0.2, 0) is 9.59 Å². The van der Waals surface area contributed by atoms with Crippen molar-refractivity contribution in [2.75, 3.05) is 13.1 Å². The number of hydrogen-bond acceptors (Lipinski definition) is 4. The Morgan fingerprint density at radius 2 is 1.56 bits per heavy atom. The van der Waals surface area contributed by atoms with Crippen LogP contribution in [-0.4, -0.2) is 58.0 Å².